The molecule has 6 heteroatoms. The van der Waals surface area contributed by atoms with Gasteiger partial charge < -0.3 is 30.9 Å². The van der Waals surface area contributed by atoms with Gasteiger partial charge in [0.1, 0.15) is 18.3 Å². The molecule has 0 aliphatic carbocycles. The molecule has 0 spiro atoms. The summed E-state index contributed by atoms with van der Waals surface area (Å²) in [4.78, 5) is 0. The third-order valence-corrected chi connectivity index (χ3v) is 1.93. The van der Waals surface area contributed by atoms with Crippen molar-refractivity contribution in [1.29, 1.82) is 0 Å². The summed E-state index contributed by atoms with van der Waals surface area (Å²) in [5.74, 6) is 0. The van der Waals surface area contributed by atoms with E-state index >= 15 is 0 Å². The minimum Gasteiger partial charge on any atom is -0.394 e. The van der Waals surface area contributed by atoms with Crippen molar-refractivity contribution < 1.29 is 25.2 Å². The second kappa shape index (κ2) is 3.65. The van der Waals surface area contributed by atoms with E-state index in [2.05, 4.69) is 0 Å². The van der Waals surface area contributed by atoms with Crippen molar-refractivity contribution in [2.45, 2.75) is 30.6 Å². The first-order valence-corrected chi connectivity index (χ1v) is 3.64. The van der Waals surface area contributed by atoms with Gasteiger partial charge in [0.2, 0.25) is 0 Å². The van der Waals surface area contributed by atoms with E-state index in [9.17, 15) is 0 Å². The summed E-state index contributed by atoms with van der Waals surface area (Å²) in [6.45, 7) is -0.516. The molecular formula is C6H13NO5. The molecule has 6 nitrogen and oxygen atoms in total. The maximum Gasteiger partial charge on any atom is 0.182 e. The summed E-state index contributed by atoms with van der Waals surface area (Å²) in [6, 6.07) is -0.873. The van der Waals surface area contributed by atoms with Crippen LogP contribution in [0.15, 0.2) is 0 Å². The van der Waals surface area contributed by atoms with E-state index in [0.717, 1.165) is 0 Å². The monoisotopic (exact) mass is 179 g/mol. The van der Waals surface area contributed by atoms with Crippen LogP contribution in [0, 0.1) is 0 Å². The predicted molar refractivity (Wildman–Crippen MR) is 38.0 cm³/mol. The highest BCUT2D eigenvalue weighted by Gasteiger charge is 2.43. The Bertz CT molecular complexity index is 155. The number of rotatable bonds is 2. The molecule has 0 aromatic carbocycles. The minimum absolute atomic E-state index is 0.516. The van der Waals surface area contributed by atoms with E-state index in [1.54, 1.807) is 0 Å². The Morgan fingerprint density at radius 2 is 2.00 bits per heavy atom. The van der Waals surface area contributed by atoms with E-state index < -0.39 is 37.3 Å². The van der Waals surface area contributed by atoms with Crippen LogP contribution in [-0.2, 0) is 4.74 Å². The molecule has 5 atom stereocenters. The first-order valence-electron chi connectivity index (χ1n) is 3.64. The minimum atomic E-state index is -1.38. The molecule has 0 aromatic rings. The number of aliphatic hydroxyl groups excluding tert-OH is 4. The highest BCUT2D eigenvalue weighted by atomic mass is 16.6. The maximum absolute atomic E-state index is 9.09. The van der Waals surface area contributed by atoms with Gasteiger partial charge in [-0.15, -0.1) is 0 Å². The zero-order valence-electron chi connectivity index (χ0n) is 6.37. The van der Waals surface area contributed by atoms with Crippen LogP contribution < -0.4 is 5.73 Å². The average Bonchev–Trinajstić information content (AvgIpc) is 2.32. The molecule has 0 bridgehead atoms. The maximum atomic E-state index is 9.09. The van der Waals surface area contributed by atoms with Gasteiger partial charge in [-0.3, -0.25) is 0 Å². The summed E-state index contributed by atoms with van der Waals surface area (Å²) >= 11 is 0. The van der Waals surface area contributed by atoms with Crippen molar-refractivity contribution in [1.82, 2.24) is 0 Å². The van der Waals surface area contributed by atoms with Gasteiger partial charge >= 0.3 is 0 Å². The number of nitrogens with two attached hydrogens (primary N) is 1. The van der Waals surface area contributed by atoms with Crippen molar-refractivity contribution >= 4 is 0 Å². The molecule has 6 N–H and O–H groups in total. The number of hydrogen-bond donors (Lipinski definition) is 5. The van der Waals surface area contributed by atoms with Crippen LogP contribution in [0.5, 0.6) is 0 Å². The molecule has 0 unspecified atom stereocenters. The zero-order valence-corrected chi connectivity index (χ0v) is 6.37. The Hall–Kier alpha value is -0.240. The Labute approximate surface area is 69.2 Å². The molecule has 1 fully saturated rings. The van der Waals surface area contributed by atoms with Crippen molar-refractivity contribution in [3.63, 3.8) is 0 Å². The Balaban J connectivity index is 2.58. The molecule has 1 aliphatic heterocycles. The van der Waals surface area contributed by atoms with E-state index in [-0.39, 0.29) is 0 Å². The van der Waals surface area contributed by atoms with Gasteiger partial charge in [-0.25, -0.2) is 0 Å². The average molecular weight is 179 g/mol. The third-order valence-electron chi connectivity index (χ3n) is 1.93. The van der Waals surface area contributed by atoms with Crippen LogP contribution in [0.1, 0.15) is 0 Å². The SMILES string of the molecule is N[C@@H]1[C@@H](O)[C@H](O)O[C@@H]1[C@H](O)CO. The Kier molecular flexibility index (Phi) is 2.99. The number of ether oxygens (including phenoxy) is 1. The van der Waals surface area contributed by atoms with Crippen LogP contribution >= 0.6 is 0 Å². The Morgan fingerprint density at radius 1 is 1.42 bits per heavy atom. The molecule has 0 aromatic heterocycles. The second-order valence-corrected chi connectivity index (χ2v) is 2.81. The lowest BCUT2D eigenvalue weighted by atomic mass is 10.0. The molecule has 12 heavy (non-hydrogen) atoms. The molecule has 0 radical (unpaired) electrons. The van der Waals surface area contributed by atoms with Crippen LogP contribution in [0.2, 0.25) is 0 Å². The molecule has 1 heterocycles. The molecule has 0 amide bonds. The fourth-order valence-corrected chi connectivity index (χ4v) is 1.17. The highest BCUT2D eigenvalue weighted by molar-refractivity contribution is 4.92. The van der Waals surface area contributed by atoms with E-state index in [0.29, 0.717) is 0 Å². The molecular weight excluding hydrogens is 166 g/mol. The molecule has 1 rings (SSSR count). The van der Waals surface area contributed by atoms with E-state index in [1.807, 2.05) is 0 Å². The molecule has 72 valence electrons. The summed E-state index contributed by atoms with van der Waals surface area (Å²) in [5, 5.41) is 35.6. The Morgan fingerprint density at radius 3 is 2.33 bits per heavy atom. The first-order chi connectivity index (χ1) is 5.57. The van der Waals surface area contributed by atoms with Gasteiger partial charge in [-0.05, 0) is 0 Å². The van der Waals surface area contributed by atoms with Crippen LogP contribution in [-0.4, -0.2) is 57.7 Å². The molecule has 0 saturated carbocycles. The molecule has 1 aliphatic rings. The summed E-state index contributed by atoms with van der Waals surface area (Å²) < 4.78 is 4.71. The van der Waals surface area contributed by atoms with Crippen LogP contribution in [0.25, 0.3) is 0 Å². The lowest BCUT2D eigenvalue weighted by molar-refractivity contribution is -0.149. The summed E-state index contributed by atoms with van der Waals surface area (Å²) in [6.07, 6.45) is -4.69. The van der Waals surface area contributed by atoms with Gasteiger partial charge in [0, 0.05) is 0 Å². The zero-order chi connectivity index (χ0) is 9.30. The fraction of sp³-hybridized carbons (Fsp3) is 1.00. The number of hydrogen-bond acceptors (Lipinski definition) is 6. The van der Waals surface area contributed by atoms with Gasteiger partial charge in [0.05, 0.1) is 12.6 Å². The largest absolute Gasteiger partial charge is 0.394 e. The second-order valence-electron chi connectivity index (χ2n) is 2.81. The first kappa shape index (κ1) is 9.85. The van der Waals surface area contributed by atoms with Crippen LogP contribution in [0.4, 0.5) is 0 Å². The normalized spacial score (nSPS) is 44.8. The van der Waals surface area contributed by atoms with Crippen molar-refractivity contribution in [2.75, 3.05) is 6.61 Å². The van der Waals surface area contributed by atoms with Crippen molar-refractivity contribution in [3.8, 4) is 0 Å². The highest BCUT2D eigenvalue weighted by Crippen LogP contribution is 2.20. The van der Waals surface area contributed by atoms with Gasteiger partial charge in [-0.1, -0.05) is 0 Å². The van der Waals surface area contributed by atoms with Crippen molar-refractivity contribution in [3.05, 3.63) is 0 Å². The summed E-state index contributed by atoms with van der Waals surface area (Å²) in [7, 11) is 0. The van der Waals surface area contributed by atoms with Gasteiger partial charge in [0.25, 0.3) is 0 Å². The van der Waals surface area contributed by atoms with Gasteiger partial charge in [-0.2, -0.15) is 0 Å². The quantitative estimate of drug-likeness (QED) is 0.304. The van der Waals surface area contributed by atoms with Crippen LogP contribution in [0.3, 0.4) is 0 Å². The molecule has 1 saturated heterocycles. The van der Waals surface area contributed by atoms with E-state index in [4.69, 9.17) is 30.9 Å². The number of aliphatic hydroxyl groups is 4. The topological polar surface area (TPSA) is 116 Å². The van der Waals surface area contributed by atoms with Gasteiger partial charge in [0.15, 0.2) is 6.29 Å². The lowest BCUT2D eigenvalue weighted by Gasteiger charge is -2.19. The predicted octanol–water partition coefficient (Wildman–Crippen LogP) is -3.26. The standard InChI is InChI=1S/C6H13NO5/c7-3-4(10)6(11)12-5(3)2(9)1-8/h2-6,8-11H,1,7H2/t2-,3-,4-,5-,6-/m1/s1. The fourth-order valence-electron chi connectivity index (χ4n) is 1.17. The van der Waals surface area contributed by atoms with E-state index in [1.165, 1.54) is 0 Å². The lowest BCUT2D eigenvalue weighted by Crippen LogP contribution is -2.46. The third kappa shape index (κ3) is 1.58. The van der Waals surface area contributed by atoms with Crippen molar-refractivity contribution in [2.24, 2.45) is 5.73 Å². The smallest absolute Gasteiger partial charge is 0.182 e. The summed E-state index contributed by atoms with van der Waals surface area (Å²) in [5.41, 5.74) is 5.38.